The highest BCUT2D eigenvalue weighted by Crippen LogP contribution is 2.31. The molecule has 2 aromatic heterocycles. The van der Waals surface area contributed by atoms with Gasteiger partial charge in [-0.25, -0.2) is 0 Å². The van der Waals surface area contributed by atoms with E-state index in [1.54, 1.807) is 0 Å². The van der Waals surface area contributed by atoms with Crippen molar-refractivity contribution in [3.05, 3.63) is 47.2 Å². The van der Waals surface area contributed by atoms with Crippen molar-refractivity contribution in [1.29, 1.82) is 0 Å². The van der Waals surface area contributed by atoms with Gasteiger partial charge in [-0.3, -0.25) is 0 Å². The van der Waals surface area contributed by atoms with Crippen LogP contribution in [-0.4, -0.2) is 23.8 Å². The van der Waals surface area contributed by atoms with Gasteiger partial charge in [0, 0.05) is 44.6 Å². The van der Waals surface area contributed by atoms with Crippen LogP contribution in [0.3, 0.4) is 0 Å². The van der Waals surface area contributed by atoms with E-state index in [9.17, 15) is 0 Å². The van der Waals surface area contributed by atoms with E-state index in [1.165, 1.54) is 28.1 Å². The number of nitrogens with zero attached hydrogens (tertiary/aromatic N) is 2. The fraction of sp³-hybridized carbons (Fsp3) is 0.400. The molecule has 3 aromatic rings. The molecule has 0 N–H and O–H groups in total. The molecule has 0 aliphatic carbocycles. The molecule has 3 nitrogen and oxygen atoms in total. The minimum absolute atomic E-state index is 0.614. The number of halogens is 1. The monoisotopic (exact) mass is 374 g/mol. The highest BCUT2D eigenvalue weighted by atomic mass is 35.5. The van der Waals surface area contributed by atoms with Gasteiger partial charge in [0.1, 0.15) is 11.9 Å². The lowest BCUT2D eigenvalue weighted by molar-refractivity contribution is 0.0902. The van der Waals surface area contributed by atoms with Crippen molar-refractivity contribution in [2.45, 2.75) is 39.3 Å². The average Bonchev–Trinajstić information content (AvgIpc) is 3.06. The van der Waals surface area contributed by atoms with E-state index in [2.05, 4.69) is 61.6 Å². The fourth-order valence-electron chi connectivity index (χ4n) is 3.03. The van der Waals surface area contributed by atoms with Crippen LogP contribution in [0.15, 0.2) is 36.5 Å². The maximum Gasteiger partial charge on any atom is 0.122 e. The van der Waals surface area contributed by atoms with Gasteiger partial charge >= 0.3 is 0 Å². The molecule has 0 saturated carbocycles. The van der Waals surface area contributed by atoms with Gasteiger partial charge in [-0.2, -0.15) is 0 Å². The predicted octanol–water partition coefficient (Wildman–Crippen LogP) is 5.92. The number of aryl methyl sites for hydroxylation is 1. The van der Waals surface area contributed by atoms with Crippen molar-refractivity contribution >= 4 is 30.6 Å². The smallest absolute Gasteiger partial charge is 0.122 e. The molecule has 0 fully saturated rings. The molecule has 1 aromatic carbocycles. The first-order chi connectivity index (χ1) is 11.8. The van der Waals surface area contributed by atoms with Crippen LogP contribution in [0.5, 0.6) is 0 Å². The van der Waals surface area contributed by atoms with Gasteiger partial charge in [0.05, 0.1) is 5.52 Å². The summed E-state index contributed by atoms with van der Waals surface area (Å²) >= 11 is 6.20. The van der Waals surface area contributed by atoms with Crippen LogP contribution in [0.1, 0.15) is 5.56 Å². The van der Waals surface area contributed by atoms with Crippen molar-refractivity contribution in [1.82, 2.24) is 9.13 Å². The number of hydrogen-bond acceptors (Lipinski definition) is 1. The van der Waals surface area contributed by atoms with Gasteiger partial charge in [-0.15, -0.1) is 0 Å². The molecular weight excluding hydrogens is 348 g/mol. The van der Waals surface area contributed by atoms with E-state index >= 15 is 0 Å². The molecule has 0 saturated heterocycles. The molecule has 0 spiro atoms. The van der Waals surface area contributed by atoms with Gasteiger partial charge in [-0.05, 0) is 48.9 Å². The minimum atomic E-state index is -1.04. The Bertz CT molecular complexity index is 889. The summed E-state index contributed by atoms with van der Waals surface area (Å²) in [5.41, 5.74) is 4.82. The Hall–Kier alpha value is -1.49. The fourth-order valence-corrected chi connectivity index (χ4v) is 3.94. The lowest BCUT2D eigenvalue weighted by Crippen LogP contribution is -2.21. The highest BCUT2D eigenvalue weighted by molar-refractivity contribution is 6.76. The molecule has 0 aliphatic heterocycles. The lowest BCUT2D eigenvalue weighted by Gasteiger charge is -2.16. The molecular formula is C20H27ClN2OSi. The second-order valence-electron chi connectivity index (χ2n) is 7.96. The largest absolute Gasteiger partial charge is 0.361 e. The van der Waals surface area contributed by atoms with E-state index < -0.39 is 8.07 Å². The zero-order valence-corrected chi connectivity index (χ0v) is 17.5. The van der Waals surface area contributed by atoms with Gasteiger partial charge in [0.2, 0.25) is 0 Å². The Labute approximate surface area is 156 Å². The first kappa shape index (κ1) is 18.3. The topological polar surface area (TPSA) is 19.1 Å². The van der Waals surface area contributed by atoms with Crippen molar-refractivity contribution in [2.75, 3.05) is 6.61 Å². The van der Waals surface area contributed by atoms with E-state index in [0.29, 0.717) is 6.73 Å². The lowest BCUT2D eigenvalue weighted by atomic mass is 10.0. The molecule has 2 heterocycles. The zero-order valence-electron chi connectivity index (χ0n) is 15.8. The van der Waals surface area contributed by atoms with Crippen LogP contribution in [0.4, 0.5) is 0 Å². The Kier molecular flexibility index (Phi) is 5.14. The second-order valence-corrected chi connectivity index (χ2v) is 14.0. The third kappa shape index (κ3) is 4.02. The number of aromatic nitrogens is 2. The normalized spacial score (nSPS) is 12.2. The highest BCUT2D eigenvalue weighted by Gasteiger charge is 2.13. The van der Waals surface area contributed by atoms with Crippen LogP contribution < -0.4 is 0 Å². The summed E-state index contributed by atoms with van der Waals surface area (Å²) in [6, 6.07) is 11.9. The van der Waals surface area contributed by atoms with E-state index in [-0.39, 0.29) is 0 Å². The Balaban J connectivity index is 1.83. The van der Waals surface area contributed by atoms with Crippen LogP contribution >= 0.6 is 11.6 Å². The summed E-state index contributed by atoms with van der Waals surface area (Å²) in [5, 5.41) is 1.98. The van der Waals surface area contributed by atoms with Gasteiger partial charge < -0.3 is 13.9 Å². The number of hydrogen-bond donors (Lipinski definition) is 0. The minimum Gasteiger partial charge on any atom is -0.361 e. The van der Waals surface area contributed by atoms with Crippen molar-refractivity contribution < 1.29 is 4.74 Å². The van der Waals surface area contributed by atoms with E-state index in [1.807, 2.05) is 17.7 Å². The molecule has 3 rings (SSSR count). The van der Waals surface area contributed by atoms with Gasteiger partial charge in [0.15, 0.2) is 0 Å². The molecule has 0 bridgehead atoms. The molecule has 0 radical (unpaired) electrons. The third-order valence-electron chi connectivity index (χ3n) is 4.68. The summed E-state index contributed by atoms with van der Waals surface area (Å²) in [6.45, 7) is 10.7. The first-order valence-corrected chi connectivity index (χ1v) is 12.8. The molecule has 0 atom stereocenters. The number of ether oxygens (including phenoxy) is 1. The van der Waals surface area contributed by atoms with Crippen molar-refractivity contribution in [3.8, 4) is 11.3 Å². The average molecular weight is 375 g/mol. The van der Waals surface area contributed by atoms with Gasteiger partial charge in [-0.1, -0.05) is 31.2 Å². The Morgan fingerprint density at radius 3 is 2.52 bits per heavy atom. The number of benzene rings is 1. The summed E-state index contributed by atoms with van der Waals surface area (Å²) in [7, 11) is 0.961. The number of fused-ring (bicyclic) bond motifs is 1. The van der Waals surface area contributed by atoms with Crippen LogP contribution in [0.25, 0.3) is 22.2 Å². The van der Waals surface area contributed by atoms with Crippen LogP contribution in [0, 0.1) is 6.92 Å². The summed E-state index contributed by atoms with van der Waals surface area (Å²) in [4.78, 5) is 0. The van der Waals surface area contributed by atoms with E-state index in [4.69, 9.17) is 16.3 Å². The van der Waals surface area contributed by atoms with Crippen molar-refractivity contribution in [3.63, 3.8) is 0 Å². The number of rotatable bonds is 6. The third-order valence-corrected chi connectivity index (χ3v) is 6.76. The quantitative estimate of drug-likeness (QED) is 0.387. The maximum absolute atomic E-state index is 6.20. The van der Waals surface area contributed by atoms with Crippen LogP contribution in [-0.2, 0) is 18.5 Å². The molecule has 0 unspecified atom stereocenters. The Morgan fingerprint density at radius 1 is 1.12 bits per heavy atom. The molecule has 5 heteroatoms. The molecule has 0 aliphatic rings. The molecule has 0 amide bonds. The standard InChI is InChI=1S/C20H27ClN2OSi/c1-15-12-19-16(13-17(15)18-6-7-20(21)22(18)2)8-9-23(19)14-24-10-11-25(3,4)5/h6-9,12-13H,10-11,14H2,1-5H3. The summed E-state index contributed by atoms with van der Waals surface area (Å²) in [5.74, 6) is 0. The predicted molar refractivity (Wildman–Crippen MR) is 110 cm³/mol. The first-order valence-electron chi connectivity index (χ1n) is 8.75. The van der Waals surface area contributed by atoms with E-state index in [0.717, 1.165) is 17.5 Å². The molecule has 25 heavy (non-hydrogen) atoms. The maximum atomic E-state index is 6.20. The van der Waals surface area contributed by atoms with Gasteiger partial charge in [0.25, 0.3) is 0 Å². The summed E-state index contributed by atoms with van der Waals surface area (Å²) < 4.78 is 10.1. The van der Waals surface area contributed by atoms with Crippen LogP contribution in [0.2, 0.25) is 30.8 Å². The zero-order chi connectivity index (χ0) is 18.2. The Morgan fingerprint density at radius 2 is 1.88 bits per heavy atom. The van der Waals surface area contributed by atoms with Crippen molar-refractivity contribution in [2.24, 2.45) is 7.05 Å². The molecule has 134 valence electrons. The second kappa shape index (κ2) is 7.02. The summed E-state index contributed by atoms with van der Waals surface area (Å²) in [6.07, 6.45) is 2.11. The SMILES string of the molecule is Cc1cc2c(ccn2COCC[Si](C)(C)C)cc1-c1ccc(Cl)n1C.